The van der Waals surface area contributed by atoms with Crippen LogP contribution in [0.4, 0.5) is 5.69 Å². The predicted molar refractivity (Wildman–Crippen MR) is 192 cm³/mol. The number of H-pyrrole nitrogens is 1. The highest BCUT2D eigenvalue weighted by atomic mass is 32.2. The molecule has 4 aromatic heterocycles. The van der Waals surface area contributed by atoms with Crippen molar-refractivity contribution in [2.75, 3.05) is 10.4 Å². The summed E-state index contributed by atoms with van der Waals surface area (Å²) in [4.78, 5) is 42.2. The van der Waals surface area contributed by atoms with Gasteiger partial charge >= 0.3 is 0 Å². The molecule has 14 heteroatoms. The third-order valence-corrected chi connectivity index (χ3v) is 10.9. The second-order valence-corrected chi connectivity index (χ2v) is 14.9. The quantitative estimate of drug-likeness (QED) is 0.0673. The summed E-state index contributed by atoms with van der Waals surface area (Å²) >= 11 is 3.43. The highest BCUT2D eigenvalue weighted by Crippen LogP contribution is 2.41. The zero-order valence-corrected chi connectivity index (χ0v) is 29.5. The molecule has 6 heterocycles. The van der Waals surface area contributed by atoms with Crippen LogP contribution in [0.1, 0.15) is 87.0 Å². The fourth-order valence-corrected chi connectivity index (χ4v) is 7.96. The number of pyridine rings is 2. The number of hydrogen-bond acceptors (Lipinski definition) is 11. The third-order valence-electron chi connectivity index (χ3n) is 8.80. The maximum Gasteiger partial charge on any atom is 0.178 e. The Balaban J connectivity index is 1.09. The van der Waals surface area contributed by atoms with Crippen LogP contribution in [0.25, 0.3) is 22.7 Å². The molecule has 0 radical (unpaired) electrons. The van der Waals surface area contributed by atoms with Gasteiger partial charge in [0.2, 0.25) is 0 Å². The van der Waals surface area contributed by atoms with Crippen LogP contribution in [-0.4, -0.2) is 54.1 Å². The highest BCUT2D eigenvalue weighted by molar-refractivity contribution is 8.15. The monoisotopic (exact) mass is 692 g/mol. The minimum absolute atomic E-state index is 0.461. The van der Waals surface area contributed by atoms with Crippen LogP contribution in [-0.2, 0) is 26.2 Å². The fraction of sp³-hybridized carbons (Fsp3) is 0.429. The molecular weight excluding hydrogens is 653 g/mol. The normalized spacial score (nSPS) is 15.1. The van der Waals surface area contributed by atoms with Crippen molar-refractivity contribution in [2.24, 2.45) is 4.99 Å². The van der Waals surface area contributed by atoms with E-state index < -0.39 is 0 Å². The first kappa shape index (κ1) is 31.9. The smallest absolute Gasteiger partial charge is 0.178 e. The fourth-order valence-electron chi connectivity index (χ4n) is 5.93. The van der Waals surface area contributed by atoms with Crippen molar-refractivity contribution in [3.8, 4) is 11.5 Å². The van der Waals surface area contributed by atoms with E-state index in [1.165, 1.54) is 25.7 Å². The van der Waals surface area contributed by atoms with Gasteiger partial charge in [-0.25, -0.2) is 24.9 Å². The third kappa shape index (κ3) is 7.07. The van der Waals surface area contributed by atoms with E-state index in [9.17, 15) is 0 Å². The molecule has 4 aromatic rings. The van der Waals surface area contributed by atoms with Crippen molar-refractivity contribution in [3.63, 3.8) is 0 Å². The lowest BCUT2D eigenvalue weighted by atomic mass is 10.2. The Kier molecular flexibility index (Phi) is 9.31. The van der Waals surface area contributed by atoms with Gasteiger partial charge in [0.25, 0.3) is 0 Å². The average Bonchev–Trinajstić information content (AvgIpc) is 4.07. The molecule has 0 atom stereocenters. The lowest BCUT2D eigenvalue weighted by molar-refractivity contribution is 0.594. The number of aromatic amines is 1. The van der Waals surface area contributed by atoms with Crippen LogP contribution in [0.2, 0.25) is 0 Å². The van der Waals surface area contributed by atoms with Gasteiger partial charge in [-0.15, -0.1) is 0 Å². The number of aromatic nitrogens is 10. The van der Waals surface area contributed by atoms with Gasteiger partial charge in [-0.2, -0.15) is 0 Å². The number of thioether (sulfide) groups is 2. The number of fused-ring (bicyclic) bond motifs is 2. The number of anilines is 1. The summed E-state index contributed by atoms with van der Waals surface area (Å²) in [7, 11) is 0. The number of nitrogens with one attached hydrogen (secondary N) is 2. The molecule has 0 spiro atoms. The zero-order chi connectivity index (χ0) is 33.2. The van der Waals surface area contributed by atoms with Gasteiger partial charge in [-0.05, 0) is 67.9 Å². The number of imidazole rings is 2. The van der Waals surface area contributed by atoms with Crippen molar-refractivity contribution in [2.45, 2.75) is 101 Å². The van der Waals surface area contributed by atoms with Crippen LogP contribution in [0.3, 0.4) is 0 Å². The average molecular weight is 693 g/mol. The Bertz CT molecular complexity index is 2100. The van der Waals surface area contributed by atoms with Crippen molar-refractivity contribution in [3.05, 3.63) is 77.4 Å². The Hall–Kier alpha value is -4.30. The first-order valence-electron chi connectivity index (χ1n) is 17.2. The number of nitrogens with zero attached hydrogens (tertiary/aromatic N) is 10. The maximum absolute atomic E-state index is 5.20. The largest absolute Gasteiger partial charge is 0.379 e. The van der Waals surface area contributed by atoms with Gasteiger partial charge in [-0.3, -0.25) is 15.0 Å². The van der Waals surface area contributed by atoms with Gasteiger partial charge in [0.15, 0.2) is 27.3 Å². The topological polar surface area (TPSA) is 140 Å². The Morgan fingerprint density at radius 3 is 2.43 bits per heavy atom. The summed E-state index contributed by atoms with van der Waals surface area (Å²) in [6.45, 7) is 7.21. The molecule has 2 aliphatic carbocycles. The molecule has 252 valence electrons. The van der Waals surface area contributed by atoms with Crippen LogP contribution in [0.5, 0.6) is 0 Å². The van der Waals surface area contributed by atoms with Crippen LogP contribution in [0.15, 0.2) is 64.5 Å². The second kappa shape index (κ2) is 14.3. The molecule has 2 aliphatic heterocycles. The summed E-state index contributed by atoms with van der Waals surface area (Å²) in [5.74, 6) is 3.96. The summed E-state index contributed by atoms with van der Waals surface area (Å²) < 4.78 is 4.50. The van der Waals surface area contributed by atoms with E-state index in [1.807, 2.05) is 49.2 Å². The molecule has 0 unspecified atom stereocenters. The molecule has 0 bridgehead atoms. The van der Waals surface area contributed by atoms with Crippen LogP contribution in [0, 0.1) is 0 Å². The minimum atomic E-state index is 0.461. The van der Waals surface area contributed by atoms with Crippen molar-refractivity contribution in [1.29, 1.82) is 0 Å². The van der Waals surface area contributed by atoms with Gasteiger partial charge in [-0.1, -0.05) is 37.4 Å². The molecule has 0 aromatic carbocycles. The van der Waals surface area contributed by atoms with Gasteiger partial charge < -0.3 is 19.4 Å². The number of hydrogen-bond donors (Lipinski definition) is 2. The van der Waals surface area contributed by atoms with Crippen molar-refractivity contribution < 1.29 is 0 Å². The van der Waals surface area contributed by atoms with E-state index in [4.69, 9.17) is 29.9 Å². The molecule has 2 fully saturated rings. The predicted octanol–water partition coefficient (Wildman–Crippen LogP) is 6.77. The molecule has 2 saturated carbocycles. The Morgan fingerprint density at radius 2 is 1.63 bits per heavy atom. The molecule has 4 aliphatic rings. The lowest BCUT2D eigenvalue weighted by Gasteiger charge is -2.15. The van der Waals surface area contributed by atoms with Crippen molar-refractivity contribution >= 4 is 40.4 Å². The Labute approximate surface area is 293 Å². The molecule has 49 heavy (non-hydrogen) atoms. The molecule has 2 N–H and O–H groups in total. The minimum Gasteiger partial charge on any atom is -0.379 e. The van der Waals surface area contributed by atoms with Gasteiger partial charge in [0.1, 0.15) is 22.9 Å². The standard InChI is InChI=1S/C35H40N12S2/c1-3-15-46-32-27(41-29(43-32)23-5-6-23)20-40-34(46)48-21-49-35-45-31(28-33(47(35)16-4-2)44-30(42-28)24-7-8-24)39-18-25-11-14-37-19-26(25)38-17-22-9-12-36-13-10-22/h9-14,19-20,23-24,38H,3-8,15-18,21H2,1-2H3,(H,42,44). The van der Waals surface area contributed by atoms with Gasteiger partial charge in [0, 0.05) is 50.1 Å². The number of rotatable bonds is 15. The zero-order valence-electron chi connectivity index (χ0n) is 27.8. The van der Waals surface area contributed by atoms with Crippen LogP contribution >= 0.6 is 23.5 Å². The molecule has 0 saturated heterocycles. The second-order valence-electron chi connectivity index (χ2n) is 12.7. The van der Waals surface area contributed by atoms with E-state index in [0.717, 1.165) is 92.5 Å². The highest BCUT2D eigenvalue weighted by Gasteiger charge is 2.31. The maximum atomic E-state index is 5.20. The Morgan fingerprint density at radius 1 is 0.857 bits per heavy atom. The molecular formula is C35H40N12S2. The molecule has 0 amide bonds. The SMILES string of the molecule is CCCn1c(SCSc2nc(=NCc3ccncc3NCc3ccncc3)c3[nH]c(C4CC4)nc3n2CCC)ncc2nc(C3CC3)nc1-2. The van der Waals surface area contributed by atoms with Crippen LogP contribution < -0.4 is 10.8 Å². The van der Waals surface area contributed by atoms with E-state index in [1.54, 1.807) is 23.5 Å². The summed E-state index contributed by atoms with van der Waals surface area (Å²) in [5, 5.41) is 6.13. The number of aryl methyl sites for hydroxylation is 1. The van der Waals surface area contributed by atoms with Gasteiger partial charge in [0.05, 0.1) is 29.7 Å². The lowest BCUT2D eigenvalue weighted by Crippen LogP contribution is -2.18. The van der Waals surface area contributed by atoms with E-state index in [-0.39, 0.29) is 0 Å². The first-order valence-corrected chi connectivity index (χ1v) is 19.2. The summed E-state index contributed by atoms with van der Waals surface area (Å²) in [5.41, 5.74) is 6.57. The molecule has 12 nitrogen and oxygen atoms in total. The summed E-state index contributed by atoms with van der Waals surface area (Å²) in [6.07, 6.45) is 15.9. The van der Waals surface area contributed by atoms with E-state index in [0.29, 0.717) is 30.4 Å². The van der Waals surface area contributed by atoms with E-state index in [2.05, 4.69) is 43.3 Å². The van der Waals surface area contributed by atoms with Crippen molar-refractivity contribution in [1.82, 2.24) is 49.0 Å². The molecule has 8 rings (SSSR count). The first-order chi connectivity index (χ1) is 24.2. The van der Waals surface area contributed by atoms with E-state index >= 15 is 0 Å². The summed E-state index contributed by atoms with van der Waals surface area (Å²) in [6, 6.07) is 6.04.